The second-order valence-electron chi connectivity index (χ2n) is 2.08. The van der Waals surface area contributed by atoms with Crippen LogP contribution in [0.2, 0.25) is 0 Å². The molecule has 6 heteroatoms. The van der Waals surface area contributed by atoms with Gasteiger partial charge in [-0.1, -0.05) is 0 Å². The predicted octanol–water partition coefficient (Wildman–Crippen LogP) is -0.604. The molecule has 0 aliphatic rings. The second kappa shape index (κ2) is 3.67. The lowest BCUT2D eigenvalue weighted by Gasteiger charge is -2.01. The van der Waals surface area contributed by atoms with E-state index in [1.807, 2.05) is 0 Å². The first kappa shape index (κ1) is 9.19. The van der Waals surface area contributed by atoms with Gasteiger partial charge in [0.15, 0.2) is 0 Å². The molecule has 12 heavy (non-hydrogen) atoms. The number of hydrogen-bond donors (Lipinski definition) is 2. The Morgan fingerprint density at radius 2 is 2.25 bits per heavy atom. The summed E-state index contributed by atoms with van der Waals surface area (Å²) in [6, 6.07) is 3.11. The van der Waals surface area contributed by atoms with Crippen molar-refractivity contribution in [3.8, 4) is 6.07 Å². The minimum absolute atomic E-state index is 0.154. The standard InChI is InChI=1S/C6H4BBrN2O2/c8-6-3-10-4(2-9)1-5(6)7(11)12/h1,3,11-12H. The zero-order chi connectivity index (χ0) is 9.14. The number of halogens is 1. The Morgan fingerprint density at radius 3 is 2.75 bits per heavy atom. The highest BCUT2D eigenvalue weighted by molar-refractivity contribution is 9.10. The molecule has 0 bridgehead atoms. The summed E-state index contributed by atoms with van der Waals surface area (Å²) in [6.07, 6.45) is 1.35. The molecule has 2 N–H and O–H groups in total. The molecule has 1 aromatic rings. The maximum absolute atomic E-state index is 8.81. The minimum Gasteiger partial charge on any atom is -0.423 e. The third-order valence-electron chi connectivity index (χ3n) is 1.28. The first-order chi connectivity index (χ1) is 5.65. The molecule has 0 saturated carbocycles. The van der Waals surface area contributed by atoms with Gasteiger partial charge in [-0.3, -0.25) is 0 Å². The van der Waals surface area contributed by atoms with Crippen LogP contribution >= 0.6 is 15.9 Å². The van der Waals surface area contributed by atoms with Crippen LogP contribution in [0, 0.1) is 11.3 Å². The Kier molecular flexibility index (Phi) is 2.81. The molecule has 1 aromatic heterocycles. The van der Waals surface area contributed by atoms with Crippen LogP contribution in [0.3, 0.4) is 0 Å². The van der Waals surface area contributed by atoms with Gasteiger partial charge in [-0.2, -0.15) is 5.26 Å². The molecule has 0 spiro atoms. The molecule has 1 rings (SSSR count). The Bertz CT molecular complexity index is 337. The van der Waals surface area contributed by atoms with E-state index in [4.69, 9.17) is 15.3 Å². The molecule has 0 saturated heterocycles. The van der Waals surface area contributed by atoms with Gasteiger partial charge >= 0.3 is 7.12 Å². The van der Waals surface area contributed by atoms with Gasteiger partial charge in [0.2, 0.25) is 0 Å². The van der Waals surface area contributed by atoms with Crippen molar-refractivity contribution < 1.29 is 10.0 Å². The second-order valence-corrected chi connectivity index (χ2v) is 2.93. The summed E-state index contributed by atoms with van der Waals surface area (Å²) in [7, 11) is -1.59. The Hall–Kier alpha value is -0.895. The van der Waals surface area contributed by atoms with E-state index in [9.17, 15) is 0 Å². The summed E-state index contributed by atoms with van der Waals surface area (Å²) in [5, 5.41) is 26.1. The maximum Gasteiger partial charge on any atom is 0.489 e. The van der Waals surface area contributed by atoms with Crippen LogP contribution in [0.15, 0.2) is 16.7 Å². The van der Waals surface area contributed by atoms with Gasteiger partial charge in [0.25, 0.3) is 0 Å². The first-order valence-electron chi connectivity index (χ1n) is 3.07. The fourth-order valence-corrected chi connectivity index (χ4v) is 1.13. The molecule has 0 atom stereocenters. The maximum atomic E-state index is 8.81. The number of rotatable bonds is 1. The van der Waals surface area contributed by atoms with Crippen LogP contribution in [-0.2, 0) is 0 Å². The third-order valence-corrected chi connectivity index (χ3v) is 1.94. The highest BCUT2D eigenvalue weighted by Gasteiger charge is 2.15. The van der Waals surface area contributed by atoms with Crippen LogP contribution < -0.4 is 5.46 Å². The lowest BCUT2D eigenvalue weighted by molar-refractivity contribution is 0.425. The average Bonchev–Trinajstić information content (AvgIpc) is 2.05. The van der Waals surface area contributed by atoms with Crippen molar-refractivity contribution in [2.24, 2.45) is 0 Å². The highest BCUT2D eigenvalue weighted by atomic mass is 79.9. The third kappa shape index (κ3) is 1.82. The smallest absolute Gasteiger partial charge is 0.423 e. The molecule has 0 aliphatic carbocycles. The molecule has 0 unspecified atom stereocenters. The molecular formula is C6H4BBrN2O2. The number of nitriles is 1. The average molecular weight is 227 g/mol. The molecule has 0 aliphatic heterocycles. The van der Waals surface area contributed by atoms with E-state index in [-0.39, 0.29) is 11.2 Å². The summed E-state index contributed by atoms with van der Waals surface area (Å²) in [5.74, 6) is 0. The van der Waals surface area contributed by atoms with E-state index >= 15 is 0 Å². The van der Waals surface area contributed by atoms with Crippen LogP contribution in [0.5, 0.6) is 0 Å². The van der Waals surface area contributed by atoms with Gasteiger partial charge in [0, 0.05) is 16.1 Å². The lowest BCUT2D eigenvalue weighted by atomic mass is 9.81. The number of nitrogens with zero attached hydrogens (tertiary/aromatic N) is 2. The van der Waals surface area contributed by atoms with Crippen LogP contribution in [0.25, 0.3) is 0 Å². The zero-order valence-electron chi connectivity index (χ0n) is 5.90. The monoisotopic (exact) mass is 226 g/mol. The molecule has 0 fully saturated rings. The predicted molar refractivity (Wildman–Crippen MR) is 46.5 cm³/mol. The first-order valence-corrected chi connectivity index (χ1v) is 3.86. The fraction of sp³-hybridized carbons (Fsp3) is 0. The van der Waals surface area contributed by atoms with Crippen LogP contribution in [0.1, 0.15) is 5.69 Å². The van der Waals surface area contributed by atoms with Crippen LogP contribution in [-0.4, -0.2) is 22.2 Å². The molecule has 0 aromatic carbocycles. The molecule has 0 amide bonds. The Balaban J connectivity index is 3.19. The normalized spacial score (nSPS) is 9.17. The summed E-state index contributed by atoms with van der Waals surface area (Å²) < 4.78 is 0.469. The SMILES string of the molecule is N#Cc1cc(B(O)O)c(Br)cn1. The number of hydrogen-bond acceptors (Lipinski definition) is 4. The van der Waals surface area contributed by atoms with Crippen molar-refractivity contribution in [1.29, 1.82) is 5.26 Å². The van der Waals surface area contributed by atoms with Crippen molar-refractivity contribution >= 4 is 28.5 Å². The quantitative estimate of drug-likeness (QED) is 0.627. The van der Waals surface area contributed by atoms with Gasteiger partial charge in [0.1, 0.15) is 11.8 Å². The van der Waals surface area contributed by atoms with Crippen molar-refractivity contribution in [3.63, 3.8) is 0 Å². The molecule has 4 nitrogen and oxygen atoms in total. The Morgan fingerprint density at radius 1 is 1.58 bits per heavy atom. The summed E-state index contributed by atoms with van der Waals surface area (Å²) in [5.41, 5.74) is 0.392. The van der Waals surface area contributed by atoms with Crippen molar-refractivity contribution in [2.75, 3.05) is 0 Å². The topological polar surface area (TPSA) is 77.1 Å². The fourth-order valence-electron chi connectivity index (χ4n) is 0.713. The molecular weight excluding hydrogens is 223 g/mol. The number of pyridine rings is 1. The summed E-state index contributed by atoms with van der Waals surface area (Å²) in [4.78, 5) is 3.71. The van der Waals surface area contributed by atoms with Gasteiger partial charge in [-0.15, -0.1) is 0 Å². The van der Waals surface area contributed by atoms with Crippen LogP contribution in [0.4, 0.5) is 0 Å². The summed E-state index contributed by atoms with van der Waals surface area (Å²) in [6.45, 7) is 0. The van der Waals surface area contributed by atoms with Crippen molar-refractivity contribution in [3.05, 3.63) is 22.4 Å². The highest BCUT2D eigenvalue weighted by Crippen LogP contribution is 2.05. The van der Waals surface area contributed by atoms with E-state index in [2.05, 4.69) is 20.9 Å². The van der Waals surface area contributed by atoms with Gasteiger partial charge in [-0.25, -0.2) is 4.98 Å². The van der Waals surface area contributed by atoms with E-state index in [0.717, 1.165) is 0 Å². The van der Waals surface area contributed by atoms with Gasteiger partial charge in [-0.05, 0) is 22.0 Å². The molecule has 1 heterocycles. The Labute approximate surface area is 77.8 Å². The largest absolute Gasteiger partial charge is 0.489 e. The van der Waals surface area contributed by atoms with Crippen molar-refractivity contribution in [2.45, 2.75) is 0 Å². The lowest BCUT2D eigenvalue weighted by Crippen LogP contribution is -2.31. The summed E-state index contributed by atoms with van der Waals surface area (Å²) >= 11 is 3.07. The molecule has 0 radical (unpaired) electrons. The van der Waals surface area contributed by atoms with E-state index in [1.54, 1.807) is 6.07 Å². The van der Waals surface area contributed by atoms with E-state index in [0.29, 0.717) is 4.47 Å². The van der Waals surface area contributed by atoms with E-state index in [1.165, 1.54) is 12.3 Å². The minimum atomic E-state index is -1.59. The zero-order valence-corrected chi connectivity index (χ0v) is 7.48. The number of aromatic nitrogens is 1. The van der Waals surface area contributed by atoms with E-state index < -0.39 is 7.12 Å². The molecule has 60 valence electrons. The van der Waals surface area contributed by atoms with Gasteiger partial charge in [0.05, 0.1) is 0 Å². The van der Waals surface area contributed by atoms with Gasteiger partial charge < -0.3 is 10.0 Å². The van der Waals surface area contributed by atoms with Crippen molar-refractivity contribution in [1.82, 2.24) is 4.98 Å².